The van der Waals surface area contributed by atoms with Crippen LogP contribution < -0.4 is 0 Å². The molecule has 0 saturated heterocycles. The van der Waals surface area contributed by atoms with Crippen LogP contribution in [0.3, 0.4) is 0 Å². The first-order chi connectivity index (χ1) is 9.94. The van der Waals surface area contributed by atoms with Crippen LogP contribution in [0, 0.1) is 5.41 Å². The second-order valence-electron chi connectivity index (χ2n) is 6.11. The third-order valence-electron chi connectivity index (χ3n) is 4.18. The third-order valence-corrected chi connectivity index (χ3v) is 4.39. The fraction of sp³-hybridized carbons (Fsp3) is 0.375. The van der Waals surface area contributed by atoms with Crippen LogP contribution in [0.2, 0.25) is 0 Å². The lowest BCUT2D eigenvalue weighted by Gasteiger charge is -2.26. The van der Waals surface area contributed by atoms with Gasteiger partial charge in [-0.2, -0.15) is 0 Å². The van der Waals surface area contributed by atoms with E-state index in [0.29, 0.717) is 10.9 Å². The summed E-state index contributed by atoms with van der Waals surface area (Å²) >= 11 is 4.25. The van der Waals surface area contributed by atoms with E-state index in [-0.39, 0.29) is 11.3 Å². The van der Waals surface area contributed by atoms with E-state index in [1.54, 1.807) is 0 Å². The van der Waals surface area contributed by atoms with Gasteiger partial charge >= 0.3 is 5.97 Å². The van der Waals surface area contributed by atoms with Gasteiger partial charge in [0.25, 0.3) is 0 Å². The fourth-order valence-electron chi connectivity index (χ4n) is 3.35. The molecule has 0 bridgehead atoms. The average Bonchev–Trinajstić information content (AvgIpc) is 2.93. The average molecular weight is 302 g/mol. The van der Waals surface area contributed by atoms with Crippen molar-refractivity contribution in [2.75, 3.05) is 7.11 Å². The van der Waals surface area contributed by atoms with Gasteiger partial charge in [0.1, 0.15) is 5.69 Å². The van der Waals surface area contributed by atoms with Crippen molar-refractivity contribution in [2.24, 2.45) is 5.41 Å². The molecule has 5 heteroatoms. The summed E-state index contributed by atoms with van der Waals surface area (Å²) in [4.78, 5) is 19.4. The Morgan fingerprint density at radius 2 is 2.14 bits per heavy atom. The largest absolute Gasteiger partial charge is 0.464 e. The molecule has 0 amide bonds. The molecule has 1 unspecified atom stereocenters. The first-order valence-corrected chi connectivity index (χ1v) is 7.34. The van der Waals surface area contributed by atoms with E-state index in [0.717, 1.165) is 12.1 Å². The van der Waals surface area contributed by atoms with Crippen molar-refractivity contribution in [3.63, 3.8) is 0 Å². The van der Waals surface area contributed by atoms with Crippen LogP contribution in [0.5, 0.6) is 0 Å². The molecule has 0 radical (unpaired) electrons. The summed E-state index contributed by atoms with van der Waals surface area (Å²) in [5.74, 6) is -0.349. The van der Waals surface area contributed by atoms with Gasteiger partial charge in [-0.15, -0.1) is 12.6 Å². The topological polar surface area (TPSA) is 55.0 Å². The summed E-state index contributed by atoms with van der Waals surface area (Å²) < 4.78 is 4.86. The molecule has 0 fully saturated rings. The van der Waals surface area contributed by atoms with Crippen molar-refractivity contribution in [3.8, 4) is 0 Å². The molecule has 0 aliphatic heterocycles. The van der Waals surface area contributed by atoms with Gasteiger partial charge < -0.3 is 9.72 Å². The Balaban J connectivity index is 2.18. The van der Waals surface area contributed by atoms with Crippen LogP contribution in [0.15, 0.2) is 29.4 Å². The second kappa shape index (κ2) is 4.91. The van der Waals surface area contributed by atoms with E-state index in [1.807, 2.05) is 12.1 Å². The predicted octanol–water partition coefficient (Wildman–Crippen LogP) is 3.20. The van der Waals surface area contributed by atoms with Gasteiger partial charge in [0.2, 0.25) is 0 Å². The Kier molecular flexibility index (Phi) is 3.32. The smallest absolute Gasteiger partial charge is 0.356 e. The molecule has 1 aliphatic rings. The van der Waals surface area contributed by atoms with Crippen molar-refractivity contribution in [2.45, 2.75) is 31.3 Å². The van der Waals surface area contributed by atoms with E-state index < -0.39 is 5.97 Å². The lowest BCUT2D eigenvalue weighted by molar-refractivity contribution is 0.0592. The number of carbonyl (C=O) groups is 1. The highest BCUT2D eigenvalue weighted by atomic mass is 32.1. The number of ether oxygens (including phenoxy) is 1. The van der Waals surface area contributed by atoms with E-state index >= 15 is 0 Å². The molecular weight excluding hydrogens is 284 g/mol. The highest BCUT2D eigenvalue weighted by Crippen LogP contribution is 2.50. The van der Waals surface area contributed by atoms with Gasteiger partial charge in [0, 0.05) is 5.92 Å². The Morgan fingerprint density at radius 1 is 1.43 bits per heavy atom. The van der Waals surface area contributed by atoms with Crippen LogP contribution >= 0.6 is 12.6 Å². The number of nitrogens with one attached hydrogen (secondary N) is 1. The number of carbonyl (C=O) groups excluding carboxylic acids is 1. The summed E-state index contributed by atoms with van der Waals surface area (Å²) in [6, 6.07) is 8.33. The van der Waals surface area contributed by atoms with E-state index in [2.05, 4.69) is 48.6 Å². The predicted molar refractivity (Wildman–Crippen MR) is 82.9 cm³/mol. The normalized spacial score (nSPS) is 19.3. The number of H-pyrrole nitrogens is 1. The van der Waals surface area contributed by atoms with E-state index in [1.165, 1.54) is 18.2 Å². The number of hydrogen-bond donors (Lipinski definition) is 2. The number of aromatic nitrogens is 2. The van der Waals surface area contributed by atoms with Gasteiger partial charge in [0.05, 0.1) is 12.8 Å². The summed E-state index contributed by atoms with van der Waals surface area (Å²) in [6.07, 6.45) is 0.962. The lowest BCUT2D eigenvalue weighted by atomic mass is 9.77. The van der Waals surface area contributed by atoms with Gasteiger partial charge in [0.15, 0.2) is 5.16 Å². The minimum atomic E-state index is -0.405. The number of rotatable bonds is 2. The number of thiol groups is 1. The molecule has 1 aliphatic carbocycles. The SMILES string of the molecule is COC(=O)c1[nH]c(S)nc1C1c2ccccc2CC1(C)C. The molecule has 110 valence electrons. The maximum Gasteiger partial charge on any atom is 0.356 e. The van der Waals surface area contributed by atoms with Crippen LogP contribution in [0.1, 0.15) is 47.1 Å². The standard InChI is InChI=1S/C16H18N2O2S/c1-16(2)8-9-6-4-5-7-10(9)11(16)12-13(14(19)20-3)18-15(21)17-12/h4-7,11H,8H2,1-3H3,(H2,17,18,21). The molecule has 1 aromatic heterocycles. The second-order valence-corrected chi connectivity index (χ2v) is 6.53. The number of benzene rings is 1. The van der Waals surface area contributed by atoms with Crippen LogP contribution in [0.4, 0.5) is 0 Å². The zero-order chi connectivity index (χ0) is 15.2. The molecule has 1 N–H and O–H groups in total. The maximum absolute atomic E-state index is 12.0. The number of methoxy groups -OCH3 is 1. The Hall–Kier alpha value is -1.75. The molecule has 0 spiro atoms. The monoisotopic (exact) mass is 302 g/mol. The molecule has 1 atom stereocenters. The quantitative estimate of drug-likeness (QED) is 0.661. The van der Waals surface area contributed by atoms with Gasteiger partial charge in [-0.3, -0.25) is 0 Å². The summed E-state index contributed by atoms with van der Waals surface area (Å²) in [6.45, 7) is 4.40. The highest BCUT2D eigenvalue weighted by Gasteiger charge is 2.43. The minimum absolute atomic E-state index is 0.0120. The fourth-order valence-corrected chi connectivity index (χ4v) is 3.57. The first-order valence-electron chi connectivity index (χ1n) is 6.89. The van der Waals surface area contributed by atoms with E-state index in [9.17, 15) is 4.79 Å². The third kappa shape index (κ3) is 2.25. The van der Waals surface area contributed by atoms with Crippen LogP contribution in [0.25, 0.3) is 0 Å². The van der Waals surface area contributed by atoms with Crippen molar-refractivity contribution in [1.82, 2.24) is 9.97 Å². The molecule has 21 heavy (non-hydrogen) atoms. The molecule has 3 rings (SSSR count). The zero-order valence-electron chi connectivity index (χ0n) is 12.3. The van der Waals surface area contributed by atoms with Gasteiger partial charge in [-0.05, 0) is 23.0 Å². The molecule has 1 heterocycles. The molecular formula is C16H18N2O2S. The number of fused-ring (bicyclic) bond motifs is 1. The number of imidazole rings is 1. The Labute approximate surface area is 129 Å². The maximum atomic E-state index is 12.0. The number of esters is 1. The molecule has 2 aromatic rings. The van der Waals surface area contributed by atoms with Gasteiger partial charge in [-0.25, -0.2) is 9.78 Å². The van der Waals surface area contributed by atoms with Crippen molar-refractivity contribution < 1.29 is 9.53 Å². The van der Waals surface area contributed by atoms with Crippen molar-refractivity contribution in [3.05, 3.63) is 46.8 Å². The van der Waals surface area contributed by atoms with Gasteiger partial charge in [-0.1, -0.05) is 38.1 Å². The van der Waals surface area contributed by atoms with Crippen LogP contribution in [-0.4, -0.2) is 23.0 Å². The summed E-state index contributed by atoms with van der Waals surface area (Å²) in [7, 11) is 1.37. The molecule has 0 saturated carbocycles. The summed E-state index contributed by atoms with van der Waals surface area (Å²) in [5, 5.41) is 0.436. The number of nitrogens with zero attached hydrogens (tertiary/aromatic N) is 1. The molecule has 1 aromatic carbocycles. The summed E-state index contributed by atoms with van der Waals surface area (Å²) in [5.41, 5.74) is 3.65. The number of aromatic amines is 1. The minimum Gasteiger partial charge on any atom is -0.464 e. The number of hydrogen-bond acceptors (Lipinski definition) is 4. The van der Waals surface area contributed by atoms with Crippen molar-refractivity contribution >= 4 is 18.6 Å². The first kappa shape index (κ1) is 14.2. The Morgan fingerprint density at radius 3 is 2.86 bits per heavy atom. The van der Waals surface area contributed by atoms with E-state index in [4.69, 9.17) is 4.74 Å². The van der Waals surface area contributed by atoms with Crippen molar-refractivity contribution in [1.29, 1.82) is 0 Å². The van der Waals surface area contributed by atoms with Crippen LogP contribution in [-0.2, 0) is 11.2 Å². The highest BCUT2D eigenvalue weighted by molar-refractivity contribution is 7.80. The lowest BCUT2D eigenvalue weighted by Crippen LogP contribution is -2.21. The molecule has 4 nitrogen and oxygen atoms in total. The zero-order valence-corrected chi connectivity index (χ0v) is 13.2. The Bertz CT molecular complexity index is 706.